The summed E-state index contributed by atoms with van der Waals surface area (Å²) >= 11 is 0. The lowest BCUT2D eigenvalue weighted by Gasteiger charge is -2.19. The Morgan fingerprint density at radius 2 is 1.78 bits per heavy atom. The van der Waals surface area contributed by atoms with Gasteiger partial charge >= 0.3 is 0 Å². The van der Waals surface area contributed by atoms with Gasteiger partial charge < -0.3 is 14.8 Å². The van der Waals surface area contributed by atoms with E-state index in [-0.39, 0.29) is 18.4 Å². The molecule has 0 aliphatic carbocycles. The molecule has 0 radical (unpaired) electrons. The van der Waals surface area contributed by atoms with Crippen LogP contribution in [0.2, 0.25) is 0 Å². The number of carbonyl (C=O) groups excluding carboxylic acids is 2. The summed E-state index contributed by atoms with van der Waals surface area (Å²) < 4.78 is 1.88. The van der Waals surface area contributed by atoms with E-state index >= 15 is 0 Å². The molecule has 140 valence electrons. The van der Waals surface area contributed by atoms with E-state index in [9.17, 15) is 9.59 Å². The molecule has 0 aliphatic rings. The molecule has 0 spiro atoms. The van der Waals surface area contributed by atoms with Crippen molar-refractivity contribution in [2.24, 2.45) is 0 Å². The first-order valence-electron chi connectivity index (χ1n) is 9.07. The van der Waals surface area contributed by atoms with Gasteiger partial charge in [0.15, 0.2) is 0 Å². The molecule has 0 saturated carbocycles. The standard InChI is InChI=1S/C21H24N4O2/c1-3-20(26)22-13-19-23-17-11-7-8-12-18(17)25(19)15-21(27)24(2)14-16-9-5-4-6-10-16/h4-12H,3,13-15H2,1-2H3,(H,22,26). The van der Waals surface area contributed by atoms with Crippen molar-refractivity contribution in [2.45, 2.75) is 33.0 Å². The first-order valence-corrected chi connectivity index (χ1v) is 9.07. The summed E-state index contributed by atoms with van der Waals surface area (Å²) in [5.41, 5.74) is 2.79. The van der Waals surface area contributed by atoms with Gasteiger partial charge in [-0.3, -0.25) is 9.59 Å². The molecule has 27 heavy (non-hydrogen) atoms. The first kappa shape index (κ1) is 18.6. The molecule has 1 heterocycles. The molecule has 0 unspecified atom stereocenters. The largest absolute Gasteiger partial charge is 0.349 e. The molecule has 1 aromatic heterocycles. The van der Waals surface area contributed by atoms with Gasteiger partial charge in [0, 0.05) is 20.0 Å². The van der Waals surface area contributed by atoms with E-state index in [1.807, 2.05) is 59.2 Å². The van der Waals surface area contributed by atoms with Crippen molar-refractivity contribution in [3.63, 3.8) is 0 Å². The zero-order chi connectivity index (χ0) is 19.2. The van der Waals surface area contributed by atoms with Gasteiger partial charge in [-0.25, -0.2) is 4.98 Å². The Balaban J connectivity index is 1.79. The summed E-state index contributed by atoms with van der Waals surface area (Å²) in [7, 11) is 1.80. The van der Waals surface area contributed by atoms with E-state index in [2.05, 4.69) is 10.3 Å². The van der Waals surface area contributed by atoms with Gasteiger partial charge in [0.1, 0.15) is 12.4 Å². The Labute approximate surface area is 158 Å². The van der Waals surface area contributed by atoms with Crippen molar-refractivity contribution in [3.05, 3.63) is 66.0 Å². The SMILES string of the molecule is CCC(=O)NCc1nc2ccccc2n1CC(=O)N(C)Cc1ccccc1. The highest BCUT2D eigenvalue weighted by atomic mass is 16.2. The number of likely N-dealkylation sites (N-methyl/N-ethyl adjacent to an activating group) is 1. The number of hydrogen-bond donors (Lipinski definition) is 1. The summed E-state index contributed by atoms with van der Waals surface area (Å²) in [4.78, 5) is 30.7. The maximum Gasteiger partial charge on any atom is 0.242 e. The van der Waals surface area contributed by atoms with Crippen LogP contribution in [0.3, 0.4) is 0 Å². The Kier molecular flexibility index (Phi) is 5.86. The molecule has 0 bridgehead atoms. The summed E-state index contributed by atoms with van der Waals surface area (Å²) in [6.07, 6.45) is 0.416. The van der Waals surface area contributed by atoms with Gasteiger partial charge in [0.05, 0.1) is 17.6 Å². The summed E-state index contributed by atoms with van der Waals surface area (Å²) in [5.74, 6) is 0.630. The van der Waals surface area contributed by atoms with Gasteiger partial charge in [-0.15, -0.1) is 0 Å². The maximum absolute atomic E-state index is 12.8. The van der Waals surface area contributed by atoms with Gasteiger partial charge in [0.25, 0.3) is 0 Å². The number of imidazole rings is 1. The van der Waals surface area contributed by atoms with E-state index in [4.69, 9.17) is 0 Å². The Hall–Kier alpha value is -3.15. The first-order chi connectivity index (χ1) is 13.1. The van der Waals surface area contributed by atoms with Crippen LogP contribution in [-0.2, 0) is 29.2 Å². The molecule has 0 aliphatic heterocycles. The number of benzene rings is 2. The lowest BCUT2D eigenvalue weighted by molar-refractivity contribution is -0.131. The van der Waals surface area contributed by atoms with Crippen LogP contribution in [0.4, 0.5) is 0 Å². The number of rotatable bonds is 7. The molecule has 0 saturated heterocycles. The topological polar surface area (TPSA) is 67.2 Å². The lowest BCUT2D eigenvalue weighted by atomic mass is 10.2. The van der Waals surface area contributed by atoms with Crippen LogP contribution >= 0.6 is 0 Å². The third-order valence-corrected chi connectivity index (χ3v) is 4.48. The average Bonchev–Trinajstić information content (AvgIpc) is 3.04. The Morgan fingerprint density at radius 3 is 2.52 bits per heavy atom. The lowest BCUT2D eigenvalue weighted by Crippen LogP contribution is -2.31. The van der Waals surface area contributed by atoms with Gasteiger partial charge in [-0.05, 0) is 17.7 Å². The molecule has 6 heteroatoms. The minimum atomic E-state index is -0.0406. The van der Waals surface area contributed by atoms with Crippen molar-refractivity contribution in [1.29, 1.82) is 0 Å². The number of nitrogens with one attached hydrogen (secondary N) is 1. The van der Waals surface area contributed by atoms with Gasteiger partial charge in [-0.1, -0.05) is 49.4 Å². The zero-order valence-electron chi connectivity index (χ0n) is 15.7. The number of aromatic nitrogens is 2. The summed E-state index contributed by atoms with van der Waals surface area (Å²) in [6.45, 7) is 2.84. The summed E-state index contributed by atoms with van der Waals surface area (Å²) in [5, 5.41) is 2.85. The molecule has 0 atom stereocenters. The number of amides is 2. The van der Waals surface area contributed by atoms with E-state index in [0.717, 1.165) is 16.6 Å². The van der Waals surface area contributed by atoms with Crippen LogP contribution in [0.15, 0.2) is 54.6 Å². The maximum atomic E-state index is 12.8. The van der Waals surface area contributed by atoms with Crippen LogP contribution in [0.1, 0.15) is 24.7 Å². The average molecular weight is 364 g/mol. The van der Waals surface area contributed by atoms with E-state index in [1.165, 1.54) is 0 Å². The van der Waals surface area contributed by atoms with Crippen molar-refractivity contribution >= 4 is 22.8 Å². The highest BCUT2D eigenvalue weighted by Gasteiger charge is 2.16. The van der Waals surface area contributed by atoms with E-state index in [0.29, 0.717) is 25.3 Å². The van der Waals surface area contributed by atoms with Crippen molar-refractivity contribution in [2.75, 3.05) is 7.05 Å². The van der Waals surface area contributed by atoms with Gasteiger partial charge in [0.2, 0.25) is 11.8 Å². The number of fused-ring (bicyclic) bond motifs is 1. The van der Waals surface area contributed by atoms with Crippen LogP contribution in [0.5, 0.6) is 0 Å². The summed E-state index contributed by atoms with van der Waals surface area (Å²) in [6, 6.07) is 17.6. The van der Waals surface area contributed by atoms with Crippen LogP contribution < -0.4 is 5.32 Å². The molecular weight excluding hydrogens is 340 g/mol. The number of para-hydroxylation sites is 2. The molecule has 3 rings (SSSR count). The van der Waals surface area contributed by atoms with Gasteiger partial charge in [-0.2, -0.15) is 0 Å². The third kappa shape index (κ3) is 4.53. The highest BCUT2D eigenvalue weighted by Crippen LogP contribution is 2.17. The minimum absolute atomic E-state index is 0.00919. The number of hydrogen-bond acceptors (Lipinski definition) is 3. The van der Waals surface area contributed by atoms with E-state index in [1.54, 1.807) is 18.9 Å². The second-order valence-electron chi connectivity index (χ2n) is 6.47. The predicted molar refractivity (Wildman–Crippen MR) is 105 cm³/mol. The third-order valence-electron chi connectivity index (χ3n) is 4.48. The normalized spacial score (nSPS) is 10.7. The smallest absolute Gasteiger partial charge is 0.242 e. The predicted octanol–water partition coefficient (Wildman–Crippen LogP) is 2.72. The van der Waals surface area contributed by atoms with Crippen LogP contribution in [0, 0.1) is 0 Å². The fraction of sp³-hybridized carbons (Fsp3) is 0.286. The quantitative estimate of drug-likeness (QED) is 0.701. The Bertz CT molecular complexity index is 934. The minimum Gasteiger partial charge on any atom is -0.349 e. The molecule has 6 nitrogen and oxygen atoms in total. The Morgan fingerprint density at radius 1 is 1.07 bits per heavy atom. The second-order valence-corrected chi connectivity index (χ2v) is 6.47. The number of nitrogens with zero attached hydrogens (tertiary/aromatic N) is 3. The van der Waals surface area contributed by atoms with Crippen molar-refractivity contribution in [3.8, 4) is 0 Å². The fourth-order valence-electron chi connectivity index (χ4n) is 2.94. The molecular formula is C21H24N4O2. The van der Waals surface area contributed by atoms with Crippen molar-refractivity contribution < 1.29 is 9.59 Å². The number of carbonyl (C=O) groups is 2. The molecule has 3 aromatic rings. The molecule has 0 fully saturated rings. The van der Waals surface area contributed by atoms with Crippen LogP contribution in [0.25, 0.3) is 11.0 Å². The molecule has 1 N–H and O–H groups in total. The highest BCUT2D eigenvalue weighted by molar-refractivity contribution is 5.81. The molecule has 2 amide bonds. The van der Waals surface area contributed by atoms with E-state index < -0.39 is 0 Å². The molecule has 2 aromatic carbocycles. The fourth-order valence-corrected chi connectivity index (χ4v) is 2.94. The second kappa shape index (κ2) is 8.49. The zero-order valence-corrected chi connectivity index (χ0v) is 15.7. The van der Waals surface area contributed by atoms with Crippen molar-refractivity contribution in [1.82, 2.24) is 19.8 Å². The monoisotopic (exact) mass is 364 g/mol. The van der Waals surface area contributed by atoms with Crippen LogP contribution in [-0.4, -0.2) is 33.3 Å².